The fourth-order valence-electron chi connectivity index (χ4n) is 3.94. The maximum atomic E-state index is 12.0. The van der Waals surface area contributed by atoms with Crippen molar-refractivity contribution in [1.82, 2.24) is 19.9 Å². The van der Waals surface area contributed by atoms with Gasteiger partial charge in [0.25, 0.3) is 5.91 Å². The van der Waals surface area contributed by atoms with Crippen LogP contribution in [0.4, 0.5) is 11.5 Å². The molecule has 1 amide bonds. The summed E-state index contributed by atoms with van der Waals surface area (Å²) in [5, 5.41) is 18.9. The molecule has 0 spiro atoms. The maximum Gasteiger partial charge on any atom is 0.258 e. The van der Waals surface area contributed by atoms with E-state index < -0.39 is 0 Å². The van der Waals surface area contributed by atoms with E-state index in [-0.39, 0.29) is 18.6 Å². The summed E-state index contributed by atoms with van der Waals surface area (Å²) in [4.78, 5) is 16.8. The molecule has 0 unspecified atom stereocenters. The van der Waals surface area contributed by atoms with Gasteiger partial charge < -0.3 is 29.6 Å². The molecule has 1 saturated carbocycles. The Bertz CT molecular complexity index is 1500. The van der Waals surface area contributed by atoms with E-state index in [4.69, 9.17) is 23.9 Å². The van der Waals surface area contributed by atoms with Crippen molar-refractivity contribution < 1.29 is 23.7 Å². The molecule has 1 aliphatic carbocycles. The summed E-state index contributed by atoms with van der Waals surface area (Å²) in [5.41, 5.74) is 2.89. The van der Waals surface area contributed by atoms with Crippen LogP contribution in [0.3, 0.4) is 0 Å². The van der Waals surface area contributed by atoms with Gasteiger partial charge in [-0.1, -0.05) is 0 Å². The molecule has 1 fully saturated rings. The van der Waals surface area contributed by atoms with Crippen molar-refractivity contribution in [2.75, 3.05) is 33.3 Å². The predicted octanol–water partition coefficient (Wildman–Crippen LogP) is 3.63. The average molecular weight is 503 g/mol. The van der Waals surface area contributed by atoms with Gasteiger partial charge in [-0.15, -0.1) is 0 Å². The molecule has 11 heteroatoms. The number of hydrogen-bond acceptors (Lipinski definition) is 8. The monoisotopic (exact) mass is 502 g/mol. The zero-order valence-corrected chi connectivity index (χ0v) is 20.6. The van der Waals surface area contributed by atoms with E-state index in [0.29, 0.717) is 45.7 Å². The Kier molecular flexibility index (Phi) is 6.47. The smallest absolute Gasteiger partial charge is 0.258 e. The molecule has 5 rings (SSSR count). The molecular weight excluding hydrogens is 476 g/mol. The summed E-state index contributed by atoms with van der Waals surface area (Å²) in [7, 11) is 4.68. The molecule has 2 heterocycles. The highest BCUT2D eigenvalue weighted by molar-refractivity contribution is 5.82. The van der Waals surface area contributed by atoms with Gasteiger partial charge in [-0.05, 0) is 43.2 Å². The van der Waals surface area contributed by atoms with Crippen LogP contribution in [-0.2, 0) is 4.79 Å². The molecule has 2 aromatic heterocycles. The van der Waals surface area contributed by atoms with Gasteiger partial charge >= 0.3 is 0 Å². The van der Waals surface area contributed by atoms with E-state index in [9.17, 15) is 10.1 Å². The number of nitrogens with one attached hydrogen (secondary N) is 3. The van der Waals surface area contributed by atoms with Crippen molar-refractivity contribution in [3.8, 4) is 40.3 Å². The maximum absolute atomic E-state index is 12.0. The fourth-order valence-corrected chi connectivity index (χ4v) is 3.94. The number of anilines is 2. The van der Waals surface area contributed by atoms with Crippen molar-refractivity contribution >= 4 is 23.1 Å². The summed E-state index contributed by atoms with van der Waals surface area (Å²) < 4.78 is 23.7. The average Bonchev–Trinajstić information content (AvgIpc) is 3.54. The lowest BCUT2D eigenvalue weighted by Crippen LogP contribution is -2.30. The number of nitrogens with zero attached hydrogens (tertiary/aromatic N) is 3. The number of ether oxygens (including phenoxy) is 4. The highest BCUT2D eigenvalue weighted by Gasteiger charge is 2.24. The normalized spacial score (nSPS) is 12.6. The lowest BCUT2D eigenvalue weighted by molar-refractivity contribution is -0.123. The molecule has 3 N–H and O–H groups in total. The van der Waals surface area contributed by atoms with E-state index in [1.54, 1.807) is 49.2 Å². The minimum Gasteiger partial charge on any atom is -0.493 e. The minimum absolute atomic E-state index is 0.0999. The third-order valence-electron chi connectivity index (χ3n) is 5.96. The summed E-state index contributed by atoms with van der Waals surface area (Å²) in [6, 6.07) is 13.2. The van der Waals surface area contributed by atoms with E-state index in [1.807, 2.05) is 12.1 Å². The summed E-state index contributed by atoms with van der Waals surface area (Å²) in [6.45, 7) is -0.0999. The van der Waals surface area contributed by atoms with Crippen molar-refractivity contribution in [2.45, 2.75) is 18.9 Å². The Morgan fingerprint density at radius 2 is 1.81 bits per heavy atom. The molecule has 0 aliphatic heterocycles. The minimum atomic E-state index is -0.164. The molecule has 0 atom stereocenters. The Morgan fingerprint density at radius 1 is 1.08 bits per heavy atom. The number of nitriles is 1. The van der Waals surface area contributed by atoms with E-state index in [0.717, 1.165) is 24.1 Å². The second-order valence-electron chi connectivity index (χ2n) is 8.46. The lowest BCUT2D eigenvalue weighted by atomic mass is 10.1. The number of aromatic nitrogens is 3. The van der Waals surface area contributed by atoms with Gasteiger partial charge in [-0.25, -0.2) is 9.50 Å². The molecule has 0 radical (unpaired) electrons. The lowest BCUT2D eigenvalue weighted by Gasteiger charge is -2.14. The third-order valence-corrected chi connectivity index (χ3v) is 5.96. The molecule has 190 valence electrons. The Balaban J connectivity index is 1.49. The number of aromatic amines is 1. The molecule has 2 aromatic carbocycles. The molecule has 37 heavy (non-hydrogen) atoms. The summed E-state index contributed by atoms with van der Waals surface area (Å²) >= 11 is 0. The van der Waals surface area contributed by atoms with Crippen LogP contribution in [0.1, 0.15) is 18.4 Å². The predicted molar refractivity (Wildman–Crippen MR) is 136 cm³/mol. The van der Waals surface area contributed by atoms with Crippen molar-refractivity contribution in [2.24, 2.45) is 0 Å². The fraction of sp³-hybridized carbons (Fsp3) is 0.269. The zero-order valence-electron chi connectivity index (χ0n) is 20.6. The number of fused-ring (bicyclic) bond motifs is 1. The second kappa shape index (κ2) is 10.0. The van der Waals surface area contributed by atoms with Crippen molar-refractivity contribution in [3.63, 3.8) is 0 Å². The number of carbonyl (C=O) groups excluding carboxylic acids is 1. The van der Waals surface area contributed by atoms with Gasteiger partial charge in [-0.2, -0.15) is 5.26 Å². The quantitative estimate of drug-likeness (QED) is 0.299. The SMILES string of the molecule is COc1ccc(Nc2c(-c3ccc(OCC(=O)NC4CC4)c(OC)c3)nc3c(C#N)c[nH]n23)cc1OC. The highest BCUT2D eigenvalue weighted by atomic mass is 16.5. The summed E-state index contributed by atoms with van der Waals surface area (Å²) in [5.74, 6) is 2.49. The second-order valence-corrected chi connectivity index (χ2v) is 8.46. The first-order valence-electron chi connectivity index (χ1n) is 11.6. The van der Waals surface area contributed by atoms with Gasteiger partial charge in [0.1, 0.15) is 17.3 Å². The largest absolute Gasteiger partial charge is 0.493 e. The van der Waals surface area contributed by atoms with Crippen LogP contribution >= 0.6 is 0 Å². The van der Waals surface area contributed by atoms with Crippen LogP contribution in [0.2, 0.25) is 0 Å². The van der Waals surface area contributed by atoms with Gasteiger partial charge in [0.2, 0.25) is 0 Å². The van der Waals surface area contributed by atoms with Gasteiger partial charge in [0.15, 0.2) is 41.1 Å². The molecular formula is C26H26N6O5. The van der Waals surface area contributed by atoms with Crippen LogP contribution in [0, 0.1) is 11.3 Å². The number of hydrogen-bond donors (Lipinski definition) is 3. The van der Waals surface area contributed by atoms with Gasteiger partial charge in [0.05, 0.1) is 21.3 Å². The topological polar surface area (TPSA) is 135 Å². The Labute approximate surface area is 212 Å². The molecule has 11 nitrogen and oxygen atoms in total. The third kappa shape index (κ3) is 4.81. The standard InChI is InChI=1S/C26H26N6O5/c1-34-19-9-7-18(11-22(19)36-3)30-26-24(31-25-16(12-27)13-28-32(25)26)15-4-8-20(21(10-15)35-2)37-14-23(33)29-17-5-6-17/h4,7-11,13,17,28,30H,5-6,14H2,1-3H3,(H,29,33). The van der Waals surface area contributed by atoms with Crippen LogP contribution in [0.15, 0.2) is 42.6 Å². The Hall–Kier alpha value is -4.85. The van der Waals surface area contributed by atoms with E-state index >= 15 is 0 Å². The van der Waals surface area contributed by atoms with E-state index in [1.165, 1.54) is 7.11 Å². The summed E-state index contributed by atoms with van der Waals surface area (Å²) in [6.07, 6.45) is 3.61. The first-order valence-corrected chi connectivity index (χ1v) is 11.6. The van der Waals surface area contributed by atoms with Crippen molar-refractivity contribution in [3.05, 3.63) is 48.2 Å². The van der Waals surface area contributed by atoms with Gasteiger partial charge in [0, 0.05) is 29.6 Å². The first kappa shape index (κ1) is 23.9. The number of rotatable bonds is 10. The van der Waals surface area contributed by atoms with Gasteiger partial charge in [-0.3, -0.25) is 9.89 Å². The molecule has 0 saturated heterocycles. The zero-order chi connectivity index (χ0) is 25.9. The molecule has 1 aliphatic rings. The number of benzene rings is 2. The van der Waals surface area contributed by atoms with Crippen LogP contribution in [0.25, 0.3) is 16.9 Å². The number of carbonyl (C=O) groups is 1. The van der Waals surface area contributed by atoms with Crippen molar-refractivity contribution in [1.29, 1.82) is 5.26 Å². The van der Waals surface area contributed by atoms with Crippen LogP contribution < -0.4 is 29.6 Å². The van der Waals surface area contributed by atoms with Crippen LogP contribution in [0.5, 0.6) is 23.0 Å². The van der Waals surface area contributed by atoms with Crippen LogP contribution in [-0.4, -0.2) is 54.5 Å². The molecule has 0 bridgehead atoms. The van der Waals surface area contributed by atoms with E-state index in [2.05, 4.69) is 21.8 Å². The first-order chi connectivity index (χ1) is 18.0. The number of H-pyrrole nitrogens is 1. The Morgan fingerprint density at radius 3 is 2.51 bits per heavy atom. The number of amides is 1. The number of methoxy groups -OCH3 is 3. The number of imidazole rings is 1. The molecule has 4 aromatic rings. The highest BCUT2D eigenvalue weighted by Crippen LogP contribution is 2.38.